The Bertz CT molecular complexity index is 585. The number of amides is 1. The van der Waals surface area contributed by atoms with Gasteiger partial charge in [-0.05, 0) is 24.5 Å². The van der Waals surface area contributed by atoms with Crippen LogP contribution in [0.15, 0.2) is 18.2 Å². The van der Waals surface area contributed by atoms with Crippen molar-refractivity contribution in [3.05, 3.63) is 35.4 Å². The van der Waals surface area contributed by atoms with Crippen LogP contribution >= 0.6 is 0 Å². The van der Waals surface area contributed by atoms with E-state index in [-0.39, 0.29) is 24.8 Å². The average Bonchev–Trinajstić information content (AvgIpc) is 2.48. The molecule has 0 aliphatic carbocycles. The Kier molecular flexibility index (Phi) is 6.96. The zero-order valence-electron chi connectivity index (χ0n) is 12.1. The molecule has 7 heteroatoms. The van der Waals surface area contributed by atoms with Crippen LogP contribution in [0.5, 0.6) is 0 Å². The number of hydrogen-bond donors (Lipinski definition) is 1. The lowest BCUT2D eigenvalue weighted by atomic mass is 10.1. The molecule has 1 aromatic carbocycles. The Labute approximate surface area is 126 Å². The molecule has 0 saturated heterocycles. The smallest absolute Gasteiger partial charge is 0.328 e. The second kappa shape index (κ2) is 8.72. The maximum absolute atomic E-state index is 13.5. The SMILES string of the molecule is COC(=O)[C@@H](CCCC#N)NC(=O)Cc1ccc(F)cc1F. The largest absolute Gasteiger partial charge is 0.467 e. The lowest BCUT2D eigenvalue weighted by Crippen LogP contribution is -2.42. The van der Waals surface area contributed by atoms with Crippen LogP contribution in [0.4, 0.5) is 8.78 Å². The van der Waals surface area contributed by atoms with Gasteiger partial charge in [-0.1, -0.05) is 6.07 Å². The van der Waals surface area contributed by atoms with Crippen molar-refractivity contribution < 1.29 is 23.1 Å². The predicted molar refractivity (Wildman–Crippen MR) is 73.5 cm³/mol. The van der Waals surface area contributed by atoms with Crippen LogP contribution in [0.3, 0.4) is 0 Å². The van der Waals surface area contributed by atoms with Gasteiger partial charge in [0.05, 0.1) is 19.6 Å². The highest BCUT2D eigenvalue weighted by molar-refractivity contribution is 5.85. The van der Waals surface area contributed by atoms with Gasteiger partial charge in [-0.2, -0.15) is 5.26 Å². The van der Waals surface area contributed by atoms with E-state index in [0.29, 0.717) is 12.5 Å². The standard InChI is InChI=1S/C15H16F2N2O3/c1-22-15(21)13(4-2-3-7-18)19-14(20)8-10-5-6-11(16)9-12(10)17/h5-6,9,13H,2-4,8H2,1H3,(H,19,20)/t13-/m1/s1. The fourth-order valence-electron chi connectivity index (χ4n) is 1.86. The van der Waals surface area contributed by atoms with Crippen LogP contribution in [0.2, 0.25) is 0 Å². The number of hydrogen-bond acceptors (Lipinski definition) is 4. The molecule has 118 valence electrons. The van der Waals surface area contributed by atoms with Gasteiger partial charge >= 0.3 is 5.97 Å². The number of methoxy groups -OCH3 is 1. The molecule has 0 aliphatic heterocycles. The molecule has 0 fully saturated rings. The van der Waals surface area contributed by atoms with Gasteiger partial charge in [0.25, 0.3) is 0 Å². The van der Waals surface area contributed by atoms with Crippen molar-refractivity contribution in [3.63, 3.8) is 0 Å². The Morgan fingerprint density at radius 2 is 2.14 bits per heavy atom. The van der Waals surface area contributed by atoms with Crippen molar-refractivity contribution in [3.8, 4) is 6.07 Å². The minimum Gasteiger partial charge on any atom is -0.467 e. The zero-order chi connectivity index (χ0) is 16.5. The molecule has 0 aromatic heterocycles. The molecule has 0 radical (unpaired) electrons. The number of nitrogens with one attached hydrogen (secondary N) is 1. The summed E-state index contributed by atoms with van der Waals surface area (Å²) in [6.45, 7) is 0. The second-order valence-corrected chi connectivity index (χ2v) is 4.61. The quantitative estimate of drug-likeness (QED) is 0.616. The molecule has 0 spiro atoms. The molecule has 0 heterocycles. The fraction of sp³-hybridized carbons (Fsp3) is 0.400. The number of unbranched alkanes of at least 4 members (excludes halogenated alkanes) is 1. The van der Waals surface area contributed by atoms with Crippen LogP contribution in [-0.2, 0) is 20.7 Å². The summed E-state index contributed by atoms with van der Waals surface area (Å²) >= 11 is 0. The number of esters is 1. The van der Waals surface area contributed by atoms with Gasteiger partial charge in [-0.15, -0.1) is 0 Å². The van der Waals surface area contributed by atoms with Crippen molar-refractivity contribution in [2.24, 2.45) is 0 Å². The van der Waals surface area contributed by atoms with Crippen LogP contribution in [0.25, 0.3) is 0 Å². The van der Waals surface area contributed by atoms with E-state index in [4.69, 9.17) is 5.26 Å². The van der Waals surface area contributed by atoms with Crippen LogP contribution in [-0.4, -0.2) is 25.0 Å². The topological polar surface area (TPSA) is 79.2 Å². The Morgan fingerprint density at radius 1 is 1.41 bits per heavy atom. The Hall–Kier alpha value is -2.49. The molecule has 0 aliphatic rings. The maximum Gasteiger partial charge on any atom is 0.328 e. The first-order valence-corrected chi connectivity index (χ1v) is 6.66. The van der Waals surface area contributed by atoms with Crippen molar-refractivity contribution in [2.75, 3.05) is 7.11 Å². The molecule has 5 nitrogen and oxygen atoms in total. The number of carbonyl (C=O) groups excluding carboxylic acids is 2. The first-order chi connectivity index (χ1) is 10.5. The predicted octanol–water partition coefficient (Wildman–Crippen LogP) is 1.86. The minimum absolute atomic E-state index is 0.0274. The van der Waals surface area contributed by atoms with Crippen LogP contribution in [0.1, 0.15) is 24.8 Å². The average molecular weight is 310 g/mol. The molecule has 1 N–H and O–H groups in total. The van der Waals surface area contributed by atoms with Crippen LogP contribution < -0.4 is 5.32 Å². The highest BCUT2D eigenvalue weighted by atomic mass is 19.1. The highest BCUT2D eigenvalue weighted by Gasteiger charge is 2.21. The third-order valence-electron chi connectivity index (χ3n) is 2.97. The van der Waals surface area contributed by atoms with Gasteiger partial charge in [-0.3, -0.25) is 4.79 Å². The van der Waals surface area contributed by atoms with Gasteiger partial charge in [0.15, 0.2) is 0 Å². The summed E-state index contributed by atoms with van der Waals surface area (Å²) in [4.78, 5) is 23.4. The van der Waals surface area contributed by atoms with Crippen LogP contribution in [0, 0.1) is 23.0 Å². The summed E-state index contributed by atoms with van der Waals surface area (Å²) in [5.41, 5.74) is 0.0274. The van der Waals surface area contributed by atoms with E-state index in [1.165, 1.54) is 13.2 Å². The van der Waals surface area contributed by atoms with Crippen molar-refractivity contribution in [1.29, 1.82) is 5.26 Å². The van der Waals surface area contributed by atoms with Gasteiger partial charge in [0, 0.05) is 12.5 Å². The first kappa shape index (κ1) is 17.6. The molecule has 1 rings (SSSR count). The third kappa shape index (κ3) is 5.48. The van der Waals surface area contributed by atoms with E-state index in [1.54, 1.807) is 0 Å². The molecule has 22 heavy (non-hydrogen) atoms. The molecular weight excluding hydrogens is 294 g/mol. The molecule has 1 aromatic rings. The summed E-state index contributed by atoms with van der Waals surface area (Å²) in [6.07, 6.45) is 0.590. The summed E-state index contributed by atoms with van der Waals surface area (Å²) in [5.74, 6) is -2.77. The number of ether oxygens (including phenoxy) is 1. The van der Waals surface area contributed by atoms with Gasteiger partial charge < -0.3 is 10.1 Å². The summed E-state index contributed by atoms with van der Waals surface area (Å²) in [6, 6.07) is 3.96. The monoisotopic (exact) mass is 310 g/mol. The molecular formula is C15H16F2N2O3. The number of nitriles is 1. The maximum atomic E-state index is 13.5. The molecule has 0 unspecified atom stereocenters. The normalized spacial score (nSPS) is 11.4. The van der Waals surface area contributed by atoms with E-state index in [0.717, 1.165) is 6.07 Å². The summed E-state index contributed by atoms with van der Waals surface area (Å²) < 4.78 is 30.8. The molecule has 0 bridgehead atoms. The summed E-state index contributed by atoms with van der Waals surface area (Å²) in [7, 11) is 1.19. The lowest BCUT2D eigenvalue weighted by molar-refractivity contribution is -0.145. The van der Waals surface area contributed by atoms with Crippen molar-refractivity contribution in [2.45, 2.75) is 31.7 Å². The van der Waals surface area contributed by atoms with E-state index < -0.39 is 29.6 Å². The third-order valence-corrected chi connectivity index (χ3v) is 2.97. The lowest BCUT2D eigenvalue weighted by Gasteiger charge is -2.16. The summed E-state index contributed by atoms with van der Waals surface area (Å²) in [5, 5.41) is 10.9. The van der Waals surface area contributed by atoms with Gasteiger partial charge in [-0.25, -0.2) is 13.6 Å². The van der Waals surface area contributed by atoms with E-state index in [1.807, 2.05) is 6.07 Å². The number of halogens is 2. The first-order valence-electron chi connectivity index (χ1n) is 6.66. The number of benzene rings is 1. The number of rotatable bonds is 7. The fourth-order valence-corrected chi connectivity index (χ4v) is 1.86. The van der Waals surface area contributed by atoms with E-state index >= 15 is 0 Å². The minimum atomic E-state index is -0.894. The van der Waals surface area contributed by atoms with Gasteiger partial charge in [0.1, 0.15) is 17.7 Å². The highest BCUT2D eigenvalue weighted by Crippen LogP contribution is 2.11. The Morgan fingerprint density at radius 3 is 2.73 bits per heavy atom. The van der Waals surface area contributed by atoms with Crippen molar-refractivity contribution in [1.82, 2.24) is 5.32 Å². The second-order valence-electron chi connectivity index (χ2n) is 4.61. The molecule has 1 amide bonds. The van der Waals surface area contributed by atoms with E-state index in [2.05, 4.69) is 10.1 Å². The Balaban J connectivity index is 2.66. The van der Waals surface area contributed by atoms with Gasteiger partial charge in [0.2, 0.25) is 5.91 Å². The molecule has 0 saturated carbocycles. The number of nitrogens with zero attached hydrogens (tertiary/aromatic N) is 1. The van der Waals surface area contributed by atoms with Crippen molar-refractivity contribution >= 4 is 11.9 Å². The van der Waals surface area contributed by atoms with E-state index in [9.17, 15) is 18.4 Å². The molecule has 1 atom stereocenters. The zero-order valence-corrected chi connectivity index (χ0v) is 12.1. The number of carbonyl (C=O) groups is 2.